The molecule has 0 aliphatic heterocycles. The molecule has 0 bridgehead atoms. The van der Waals surface area contributed by atoms with Crippen molar-refractivity contribution < 1.29 is 4.79 Å². The second-order valence-corrected chi connectivity index (χ2v) is 6.19. The van der Waals surface area contributed by atoms with E-state index in [0.29, 0.717) is 6.54 Å². The Morgan fingerprint density at radius 3 is 2.65 bits per heavy atom. The van der Waals surface area contributed by atoms with Gasteiger partial charge in [-0.15, -0.1) is 0 Å². The number of aryl methyl sites for hydroxylation is 1. The molecule has 0 saturated carbocycles. The first-order valence-electron chi connectivity index (χ1n) is 6.10. The van der Waals surface area contributed by atoms with Crippen molar-refractivity contribution in [2.45, 2.75) is 13.5 Å². The van der Waals surface area contributed by atoms with Crippen LogP contribution in [0.3, 0.4) is 0 Å². The highest BCUT2D eigenvalue weighted by Crippen LogP contribution is 2.23. The highest BCUT2D eigenvalue weighted by Gasteiger charge is 2.05. The highest BCUT2D eigenvalue weighted by molar-refractivity contribution is 9.10. The molecule has 0 atom stereocenters. The lowest BCUT2D eigenvalue weighted by molar-refractivity contribution is 0.251. The van der Waals surface area contributed by atoms with Crippen LogP contribution in [-0.2, 0) is 6.54 Å². The van der Waals surface area contributed by atoms with Crippen LogP contribution in [0, 0.1) is 6.92 Å². The van der Waals surface area contributed by atoms with Crippen molar-refractivity contribution in [3.8, 4) is 0 Å². The monoisotopic (exact) mass is 396 g/mol. The van der Waals surface area contributed by atoms with Crippen molar-refractivity contribution in [2.75, 3.05) is 5.32 Å². The second-order valence-electron chi connectivity index (χ2n) is 4.42. The summed E-state index contributed by atoms with van der Waals surface area (Å²) in [4.78, 5) is 11.9. The van der Waals surface area contributed by atoms with Crippen LogP contribution in [0.15, 0.2) is 51.4 Å². The molecular formula is C15H14Br2N2O. The van der Waals surface area contributed by atoms with E-state index in [0.717, 1.165) is 25.8 Å². The molecule has 20 heavy (non-hydrogen) atoms. The van der Waals surface area contributed by atoms with E-state index >= 15 is 0 Å². The van der Waals surface area contributed by atoms with Crippen molar-refractivity contribution >= 4 is 43.6 Å². The summed E-state index contributed by atoms with van der Waals surface area (Å²) in [6.07, 6.45) is 0. The van der Waals surface area contributed by atoms with Gasteiger partial charge in [-0.05, 0) is 58.2 Å². The molecule has 2 amide bonds. The van der Waals surface area contributed by atoms with Gasteiger partial charge in [0.15, 0.2) is 0 Å². The largest absolute Gasteiger partial charge is 0.334 e. The van der Waals surface area contributed by atoms with Gasteiger partial charge in [-0.1, -0.05) is 34.1 Å². The van der Waals surface area contributed by atoms with Crippen LogP contribution in [0.1, 0.15) is 11.1 Å². The smallest absolute Gasteiger partial charge is 0.319 e. The first-order chi connectivity index (χ1) is 9.54. The molecule has 0 saturated heterocycles. The van der Waals surface area contributed by atoms with Gasteiger partial charge in [0.1, 0.15) is 0 Å². The van der Waals surface area contributed by atoms with E-state index in [1.807, 2.05) is 49.4 Å². The van der Waals surface area contributed by atoms with E-state index in [9.17, 15) is 4.79 Å². The molecule has 0 spiro atoms. The van der Waals surface area contributed by atoms with Crippen LogP contribution in [0.25, 0.3) is 0 Å². The van der Waals surface area contributed by atoms with Gasteiger partial charge < -0.3 is 10.6 Å². The van der Waals surface area contributed by atoms with E-state index in [1.54, 1.807) is 0 Å². The minimum absolute atomic E-state index is 0.227. The third-order valence-electron chi connectivity index (χ3n) is 2.71. The molecule has 0 aliphatic carbocycles. The molecule has 3 nitrogen and oxygen atoms in total. The summed E-state index contributed by atoms with van der Waals surface area (Å²) < 4.78 is 1.87. The molecule has 5 heteroatoms. The van der Waals surface area contributed by atoms with Gasteiger partial charge in [-0.3, -0.25) is 0 Å². The molecule has 2 N–H and O–H groups in total. The minimum Gasteiger partial charge on any atom is -0.334 e. The number of amides is 2. The average molecular weight is 398 g/mol. The highest BCUT2D eigenvalue weighted by atomic mass is 79.9. The van der Waals surface area contributed by atoms with E-state index in [4.69, 9.17) is 0 Å². The van der Waals surface area contributed by atoms with Gasteiger partial charge in [0.05, 0.1) is 5.69 Å². The molecule has 2 aromatic rings. The maximum Gasteiger partial charge on any atom is 0.319 e. The third kappa shape index (κ3) is 4.35. The maximum atomic E-state index is 11.9. The quantitative estimate of drug-likeness (QED) is 0.764. The zero-order valence-corrected chi connectivity index (χ0v) is 14.1. The number of hydrogen-bond donors (Lipinski definition) is 2. The summed E-state index contributed by atoms with van der Waals surface area (Å²) in [6, 6.07) is 13.4. The van der Waals surface area contributed by atoms with E-state index in [1.165, 1.54) is 0 Å². The van der Waals surface area contributed by atoms with Crippen molar-refractivity contribution in [1.29, 1.82) is 0 Å². The minimum atomic E-state index is -0.227. The molecule has 0 heterocycles. The summed E-state index contributed by atoms with van der Waals surface area (Å²) >= 11 is 6.84. The Hall–Kier alpha value is -1.33. The SMILES string of the molecule is Cc1ccc(NC(=O)NCc2cccc(Br)c2)c(Br)c1. The summed E-state index contributed by atoms with van der Waals surface area (Å²) in [6.45, 7) is 2.48. The van der Waals surface area contributed by atoms with Crippen LogP contribution in [0.2, 0.25) is 0 Å². The van der Waals surface area contributed by atoms with Crippen molar-refractivity contribution in [2.24, 2.45) is 0 Å². The van der Waals surface area contributed by atoms with E-state index < -0.39 is 0 Å². The fourth-order valence-electron chi connectivity index (χ4n) is 1.72. The fourth-order valence-corrected chi connectivity index (χ4v) is 2.76. The average Bonchev–Trinajstić information content (AvgIpc) is 2.40. The maximum absolute atomic E-state index is 11.9. The third-order valence-corrected chi connectivity index (χ3v) is 3.86. The lowest BCUT2D eigenvalue weighted by Crippen LogP contribution is -2.28. The Balaban J connectivity index is 1.92. The standard InChI is InChI=1S/C15H14Br2N2O/c1-10-5-6-14(13(17)7-10)19-15(20)18-9-11-3-2-4-12(16)8-11/h2-8H,9H2,1H3,(H2,18,19,20). The lowest BCUT2D eigenvalue weighted by Gasteiger charge is -2.10. The van der Waals surface area contributed by atoms with Crippen LogP contribution >= 0.6 is 31.9 Å². The summed E-state index contributed by atoms with van der Waals surface area (Å²) in [7, 11) is 0. The molecule has 0 radical (unpaired) electrons. The van der Waals surface area contributed by atoms with Crippen LogP contribution in [0.5, 0.6) is 0 Å². The molecule has 104 valence electrons. The Kier molecular flexibility index (Phi) is 5.20. The van der Waals surface area contributed by atoms with Crippen LogP contribution < -0.4 is 10.6 Å². The second kappa shape index (κ2) is 6.90. The zero-order chi connectivity index (χ0) is 14.5. The first-order valence-corrected chi connectivity index (χ1v) is 7.68. The fraction of sp³-hybridized carbons (Fsp3) is 0.133. The number of urea groups is 1. The number of carbonyl (C=O) groups excluding carboxylic acids is 1. The van der Waals surface area contributed by atoms with Gasteiger partial charge in [0, 0.05) is 15.5 Å². The number of hydrogen-bond acceptors (Lipinski definition) is 1. The lowest BCUT2D eigenvalue weighted by atomic mass is 10.2. The van der Waals surface area contributed by atoms with Gasteiger partial charge in [-0.2, -0.15) is 0 Å². The molecule has 0 fully saturated rings. The Labute approximate surface area is 135 Å². The van der Waals surface area contributed by atoms with Gasteiger partial charge in [0.25, 0.3) is 0 Å². The molecule has 0 aliphatic rings. The molecule has 2 rings (SSSR count). The van der Waals surface area contributed by atoms with E-state index in [-0.39, 0.29) is 6.03 Å². The topological polar surface area (TPSA) is 41.1 Å². The van der Waals surface area contributed by atoms with E-state index in [2.05, 4.69) is 42.5 Å². The number of rotatable bonds is 3. The van der Waals surface area contributed by atoms with Crippen molar-refractivity contribution in [1.82, 2.24) is 5.32 Å². The molecule has 0 aromatic heterocycles. The van der Waals surface area contributed by atoms with Crippen molar-refractivity contribution in [3.63, 3.8) is 0 Å². The number of carbonyl (C=O) groups is 1. The van der Waals surface area contributed by atoms with Crippen LogP contribution in [-0.4, -0.2) is 6.03 Å². The zero-order valence-electron chi connectivity index (χ0n) is 10.9. The Bertz CT molecular complexity index is 629. The molecular weight excluding hydrogens is 384 g/mol. The number of nitrogens with one attached hydrogen (secondary N) is 2. The number of halogens is 2. The van der Waals surface area contributed by atoms with Gasteiger partial charge in [-0.25, -0.2) is 4.79 Å². The van der Waals surface area contributed by atoms with Crippen molar-refractivity contribution in [3.05, 3.63) is 62.5 Å². The van der Waals surface area contributed by atoms with Crippen LogP contribution in [0.4, 0.5) is 10.5 Å². The van der Waals surface area contributed by atoms with Gasteiger partial charge in [0.2, 0.25) is 0 Å². The predicted molar refractivity (Wildman–Crippen MR) is 88.9 cm³/mol. The molecule has 0 unspecified atom stereocenters. The molecule has 2 aromatic carbocycles. The summed E-state index contributed by atoms with van der Waals surface area (Å²) in [5.41, 5.74) is 2.93. The number of anilines is 1. The first kappa shape index (κ1) is 15.1. The van der Waals surface area contributed by atoms with Gasteiger partial charge >= 0.3 is 6.03 Å². The summed E-state index contributed by atoms with van der Waals surface area (Å²) in [5, 5.41) is 5.64. The normalized spacial score (nSPS) is 10.2. The predicted octanol–water partition coefficient (Wildman–Crippen LogP) is 4.84. The number of benzene rings is 2. The summed E-state index contributed by atoms with van der Waals surface area (Å²) in [5.74, 6) is 0. The Morgan fingerprint density at radius 2 is 1.95 bits per heavy atom. The Morgan fingerprint density at radius 1 is 1.15 bits per heavy atom.